The molecule has 0 bridgehead atoms. The first-order valence-corrected chi connectivity index (χ1v) is 5.61. The minimum absolute atomic E-state index is 0.293. The van der Waals surface area contributed by atoms with Crippen LogP contribution in [-0.2, 0) is 0 Å². The molecule has 3 nitrogen and oxygen atoms in total. The van der Waals surface area contributed by atoms with E-state index >= 15 is 0 Å². The normalized spacial score (nSPS) is 10.7. The topological polar surface area (TPSA) is 50.2 Å². The number of carboxylic acids is 1. The molecule has 0 spiro atoms. The van der Waals surface area contributed by atoms with Crippen LogP contribution in [-0.4, -0.2) is 16.1 Å². The van der Waals surface area contributed by atoms with Crippen molar-refractivity contribution in [3.8, 4) is 0 Å². The van der Waals surface area contributed by atoms with Crippen molar-refractivity contribution in [3.05, 3.63) is 65.0 Å². The molecule has 1 aromatic carbocycles. The van der Waals surface area contributed by atoms with Crippen molar-refractivity contribution in [2.75, 3.05) is 0 Å². The zero-order valence-electron chi connectivity index (χ0n) is 10.00. The molecular formula is C15H13NO2. The number of carbonyl (C=O) groups is 1. The molecule has 90 valence electrons. The number of hydrogen-bond donors (Lipinski definition) is 1. The van der Waals surface area contributed by atoms with Crippen LogP contribution in [0.15, 0.2) is 42.5 Å². The fourth-order valence-corrected chi connectivity index (χ4v) is 1.67. The summed E-state index contributed by atoms with van der Waals surface area (Å²) in [4.78, 5) is 15.4. The molecule has 0 unspecified atom stereocenters. The number of aromatic nitrogens is 1. The molecule has 0 radical (unpaired) electrons. The van der Waals surface area contributed by atoms with Crippen LogP contribution >= 0.6 is 0 Å². The predicted molar refractivity (Wildman–Crippen MR) is 71.3 cm³/mol. The third kappa shape index (κ3) is 2.83. The highest BCUT2D eigenvalue weighted by molar-refractivity contribution is 5.93. The summed E-state index contributed by atoms with van der Waals surface area (Å²) in [7, 11) is 0. The van der Waals surface area contributed by atoms with E-state index in [0.717, 1.165) is 11.4 Å². The Morgan fingerprint density at radius 1 is 1.11 bits per heavy atom. The number of carboxylic acid groups (broad SMARTS) is 1. The summed E-state index contributed by atoms with van der Waals surface area (Å²) in [5, 5.41) is 9.06. The molecule has 0 aliphatic carbocycles. The van der Waals surface area contributed by atoms with Gasteiger partial charge < -0.3 is 5.11 Å². The van der Waals surface area contributed by atoms with E-state index in [-0.39, 0.29) is 0 Å². The maximum Gasteiger partial charge on any atom is 0.336 e. The SMILES string of the molecule is Cc1cccc(C=Cc2ccccc2C(=O)O)n1. The van der Waals surface area contributed by atoms with Crippen molar-refractivity contribution in [1.29, 1.82) is 0 Å². The Morgan fingerprint density at radius 3 is 2.61 bits per heavy atom. The van der Waals surface area contributed by atoms with Crippen molar-refractivity contribution in [2.24, 2.45) is 0 Å². The van der Waals surface area contributed by atoms with E-state index in [1.807, 2.05) is 37.3 Å². The van der Waals surface area contributed by atoms with Crippen molar-refractivity contribution in [3.63, 3.8) is 0 Å². The Bertz CT molecular complexity index is 603. The first kappa shape index (κ1) is 12.0. The van der Waals surface area contributed by atoms with Gasteiger partial charge in [0.15, 0.2) is 0 Å². The van der Waals surface area contributed by atoms with E-state index in [1.165, 1.54) is 0 Å². The Balaban J connectivity index is 2.32. The highest BCUT2D eigenvalue weighted by atomic mass is 16.4. The predicted octanol–water partition coefficient (Wildman–Crippen LogP) is 3.26. The molecule has 0 amide bonds. The number of hydrogen-bond acceptors (Lipinski definition) is 2. The Labute approximate surface area is 105 Å². The largest absolute Gasteiger partial charge is 0.478 e. The van der Waals surface area contributed by atoms with Crippen molar-refractivity contribution >= 4 is 18.1 Å². The molecule has 0 saturated carbocycles. The smallest absolute Gasteiger partial charge is 0.336 e. The van der Waals surface area contributed by atoms with Gasteiger partial charge in [-0.2, -0.15) is 0 Å². The summed E-state index contributed by atoms with van der Waals surface area (Å²) in [5.41, 5.74) is 2.72. The summed E-state index contributed by atoms with van der Waals surface area (Å²) in [6, 6.07) is 12.6. The highest BCUT2D eigenvalue weighted by Gasteiger charge is 2.05. The lowest BCUT2D eigenvalue weighted by Crippen LogP contribution is -1.98. The van der Waals surface area contributed by atoms with Crippen molar-refractivity contribution in [2.45, 2.75) is 6.92 Å². The van der Waals surface area contributed by atoms with Gasteiger partial charge in [0.25, 0.3) is 0 Å². The third-order valence-corrected chi connectivity index (χ3v) is 2.53. The zero-order chi connectivity index (χ0) is 13.0. The van der Waals surface area contributed by atoms with Crippen LogP contribution in [0.25, 0.3) is 12.2 Å². The standard InChI is InChI=1S/C15H13NO2/c1-11-5-4-7-13(16-11)10-9-12-6-2-3-8-14(12)15(17)18/h2-10H,1H3,(H,17,18). The Hall–Kier alpha value is -2.42. The first-order chi connectivity index (χ1) is 8.66. The summed E-state index contributed by atoms with van der Waals surface area (Å²) in [6.45, 7) is 1.92. The van der Waals surface area contributed by atoms with Gasteiger partial charge in [-0.05, 0) is 36.8 Å². The fraction of sp³-hybridized carbons (Fsp3) is 0.0667. The van der Waals surface area contributed by atoms with Gasteiger partial charge in [0, 0.05) is 5.69 Å². The molecule has 0 fully saturated rings. The van der Waals surface area contributed by atoms with Crippen molar-refractivity contribution < 1.29 is 9.90 Å². The zero-order valence-corrected chi connectivity index (χ0v) is 10.00. The van der Waals surface area contributed by atoms with Crippen molar-refractivity contribution in [1.82, 2.24) is 4.98 Å². The van der Waals surface area contributed by atoms with Gasteiger partial charge in [0.1, 0.15) is 0 Å². The number of aromatic carboxylic acids is 1. The number of benzene rings is 1. The summed E-state index contributed by atoms with van der Waals surface area (Å²) in [6.07, 6.45) is 3.58. The monoisotopic (exact) mass is 239 g/mol. The lowest BCUT2D eigenvalue weighted by molar-refractivity contribution is 0.0696. The van der Waals surface area contributed by atoms with Gasteiger partial charge in [-0.3, -0.25) is 4.98 Å². The molecule has 0 atom stereocenters. The van der Waals surface area contributed by atoms with Gasteiger partial charge in [0.2, 0.25) is 0 Å². The average Bonchev–Trinajstić information content (AvgIpc) is 2.37. The highest BCUT2D eigenvalue weighted by Crippen LogP contribution is 2.12. The summed E-state index contributed by atoms with van der Waals surface area (Å²) in [5.74, 6) is -0.924. The molecule has 1 N–H and O–H groups in total. The number of rotatable bonds is 3. The fourth-order valence-electron chi connectivity index (χ4n) is 1.67. The van der Waals surface area contributed by atoms with Crippen LogP contribution in [0.4, 0.5) is 0 Å². The van der Waals surface area contributed by atoms with Gasteiger partial charge in [-0.1, -0.05) is 30.3 Å². The van der Waals surface area contributed by atoms with Crippen LogP contribution in [0, 0.1) is 6.92 Å². The minimum Gasteiger partial charge on any atom is -0.478 e. The second-order valence-electron chi connectivity index (χ2n) is 3.93. The van der Waals surface area contributed by atoms with E-state index in [0.29, 0.717) is 11.1 Å². The quantitative estimate of drug-likeness (QED) is 0.894. The Morgan fingerprint density at radius 2 is 1.89 bits per heavy atom. The molecule has 3 heteroatoms. The van der Waals surface area contributed by atoms with E-state index in [9.17, 15) is 4.79 Å². The third-order valence-electron chi connectivity index (χ3n) is 2.53. The van der Waals surface area contributed by atoms with Crippen LogP contribution in [0.2, 0.25) is 0 Å². The van der Waals surface area contributed by atoms with Crippen LogP contribution < -0.4 is 0 Å². The molecular weight excluding hydrogens is 226 g/mol. The molecule has 18 heavy (non-hydrogen) atoms. The molecule has 0 aliphatic rings. The number of aryl methyl sites for hydroxylation is 1. The molecule has 2 rings (SSSR count). The molecule has 1 aromatic heterocycles. The second-order valence-corrected chi connectivity index (χ2v) is 3.93. The lowest BCUT2D eigenvalue weighted by atomic mass is 10.1. The van der Waals surface area contributed by atoms with Crippen LogP contribution in [0.3, 0.4) is 0 Å². The van der Waals surface area contributed by atoms with Crippen LogP contribution in [0.1, 0.15) is 27.3 Å². The summed E-state index contributed by atoms with van der Waals surface area (Å²) >= 11 is 0. The minimum atomic E-state index is -0.924. The van der Waals surface area contributed by atoms with Crippen LogP contribution in [0.5, 0.6) is 0 Å². The number of pyridine rings is 1. The first-order valence-electron chi connectivity index (χ1n) is 5.61. The van der Waals surface area contributed by atoms with E-state index < -0.39 is 5.97 Å². The van der Waals surface area contributed by atoms with Gasteiger partial charge in [-0.25, -0.2) is 4.79 Å². The lowest BCUT2D eigenvalue weighted by Gasteiger charge is -2.00. The van der Waals surface area contributed by atoms with Gasteiger partial charge in [0.05, 0.1) is 11.3 Å². The molecule has 0 saturated heterocycles. The van der Waals surface area contributed by atoms with E-state index in [4.69, 9.17) is 5.11 Å². The molecule has 0 aliphatic heterocycles. The molecule has 1 heterocycles. The van der Waals surface area contributed by atoms with E-state index in [2.05, 4.69) is 4.98 Å². The average molecular weight is 239 g/mol. The second kappa shape index (κ2) is 5.27. The van der Waals surface area contributed by atoms with Gasteiger partial charge >= 0.3 is 5.97 Å². The van der Waals surface area contributed by atoms with E-state index in [1.54, 1.807) is 24.3 Å². The number of nitrogens with zero attached hydrogens (tertiary/aromatic N) is 1. The maximum absolute atomic E-state index is 11.0. The summed E-state index contributed by atoms with van der Waals surface area (Å²) < 4.78 is 0. The Kier molecular flexibility index (Phi) is 3.53. The maximum atomic E-state index is 11.0. The molecule has 2 aromatic rings. The van der Waals surface area contributed by atoms with Gasteiger partial charge in [-0.15, -0.1) is 0 Å².